The van der Waals surface area contributed by atoms with Crippen LogP contribution in [0.4, 0.5) is 0 Å². The molecule has 19 heavy (non-hydrogen) atoms. The van der Waals surface area contributed by atoms with Crippen LogP contribution < -0.4 is 4.74 Å². The molecule has 2 aromatic carbocycles. The van der Waals surface area contributed by atoms with Gasteiger partial charge in [0.2, 0.25) is 0 Å². The lowest BCUT2D eigenvalue weighted by Crippen LogP contribution is -2.09. The minimum Gasteiger partial charge on any atom is -0.483 e. The molecule has 0 fully saturated rings. The molecule has 0 heterocycles. The monoisotopic (exact) mass is 402 g/mol. The highest BCUT2D eigenvalue weighted by Gasteiger charge is 2.16. The largest absolute Gasteiger partial charge is 0.483 e. The van der Waals surface area contributed by atoms with E-state index in [4.69, 9.17) is 16.3 Å². The number of hydrogen-bond acceptors (Lipinski definition) is 1. The van der Waals surface area contributed by atoms with E-state index in [1.54, 1.807) is 0 Å². The quantitative estimate of drug-likeness (QED) is 0.559. The lowest BCUT2D eigenvalue weighted by Gasteiger charge is -2.20. The number of benzene rings is 2. The van der Waals surface area contributed by atoms with Gasteiger partial charge < -0.3 is 4.74 Å². The van der Waals surface area contributed by atoms with Gasteiger partial charge in [-0.1, -0.05) is 36.4 Å². The Hall–Kier alpha value is -0.510. The van der Waals surface area contributed by atoms with Crippen LogP contribution in [0.25, 0.3) is 0 Å². The molecule has 0 aliphatic heterocycles. The summed E-state index contributed by atoms with van der Waals surface area (Å²) in [6, 6.07) is 16.0. The van der Waals surface area contributed by atoms with E-state index in [9.17, 15) is 0 Å². The molecule has 4 heteroatoms. The number of para-hydroxylation sites is 1. The first kappa shape index (κ1) is 14.9. The Morgan fingerprint density at radius 1 is 0.947 bits per heavy atom. The SMILES string of the molecule is ClCC[C@H](Oc1c(Br)cccc1Br)c1ccccc1. The van der Waals surface area contributed by atoms with Gasteiger partial charge in [0.1, 0.15) is 11.9 Å². The van der Waals surface area contributed by atoms with Crippen LogP contribution >= 0.6 is 43.5 Å². The maximum absolute atomic E-state index is 6.12. The van der Waals surface area contributed by atoms with Gasteiger partial charge in [0.05, 0.1) is 8.95 Å². The maximum Gasteiger partial charge on any atom is 0.148 e. The highest BCUT2D eigenvalue weighted by atomic mass is 79.9. The second-order valence-corrected chi connectivity index (χ2v) is 6.13. The van der Waals surface area contributed by atoms with Gasteiger partial charge in [-0.05, 0) is 49.6 Å². The Balaban J connectivity index is 2.27. The normalized spacial score (nSPS) is 12.2. The second kappa shape index (κ2) is 7.32. The van der Waals surface area contributed by atoms with Crippen molar-refractivity contribution in [3.63, 3.8) is 0 Å². The van der Waals surface area contributed by atoms with Crippen LogP contribution in [-0.2, 0) is 0 Å². The van der Waals surface area contributed by atoms with Crippen molar-refractivity contribution in [1.82, 2.24) is 0 Å². The molecule has 0 aliphatic rings. The molecule has 0 spiro atoms. The highest BCUT2D eigenvalue weighted by molar-refractivity contribution is 9.11. The van der Waals surface area contributed by atoms with Crippen molar-refractivity contribution in [2.45, 2.75) is 12.5 Å². The van der Waals surface area contributed by atoms with E-state index < -0.39 is 0 Å². The molecule has 2 aromatic rings. The van der Waals surface area contributed by atoms with Gasteiger partial charge in [-0.2, -0.15) is 0 Å². The molecule has 0 aliphatic carbocycles. The highest BCUT2D eigenvalue weighted by Crippen LogP contribution is 2.37. The molecule has 0 saturated heterocycles. The van der Waals surface area contributed by atoms with Crippen LogP contribution in [0.2, 0.25) is 0 Å². The van der Waals surface area contributed by atoms with Crippen LogP contribution in [-0.4, -0.2) is 5.88 Å². The summed E-state index contributed by atoms with van der Waals surface area (Å²) in [6.45, 7) is 0. The van der Waals surface area contributed by atoms with Gasteiger partial charge in [0.25, 0.3) is 0 Å². The second-order valence-electron chi connectivity index (χ2n) is 4.05. The van der Waals surface area contributed by atoms with Crippen LogP contribution in [0, 0.1) is 0 Å². The predicted octanol–water partition coefficient (Wildman–Crippen LogP) is 5.96. The molecule has 0 aromatic heterocycles. The summed E-state index contributed by atoms with van der Waals surface area (Å²) in [4.78, 5) is 0. The van der Waals surface area contributed by atoms with Gasteiger partial charge >= 0.3 is 0 Å². The average Bonchev–Trinajstić information content (AvgIpc) is 2.43. The Bertz CT molecular complexity index is 511. The van der Waals surface area contributed by atoms with E-state index in [0.29, 0.717) is 5.88 Å². The zero-order chi connectivity index (χ0) is 13.7. The van der Waals surface area contributed by atoms with E-state index >= 15 is 0 Å². The van der Waals surface area contributed by atoms with Crippen molar-refractivity contribution < 1.29 is 4.74 Å². The minimum absolute atomic E-state index is 0.0475. The molecule has 0 N–H and O–H groups in total. The average molecular weight is 405 g/mol. The van der Waals surface area contributed by atoms with Crippen LogP contribution in [0.5, 0.6) is 5.75 Å². The van der Waals surface area contributed by atoms with Crippen molar-refractivity contribution in [3.05, 3.63) is 63.0 Å². The molecular formula is C15H13Br2ClO. The van der Waals surface area contributed by atoms with Crippen LogP contribution in [0.3, 0.4) is 0 Å². The van der Waals surface area contributed by atoms with Crippen LogP contribution in [0.1, 0.15) is 18.1 Å². The molecule has 100 valence electrons. The van der Waals surface area contributed by atoms with Gasteiger partial charge in [0, 0.05) is 12.3 Å². The smallest absolute Gasteiger partial charge is 0.148 e. The van der Waals surface area contributed by atoms with Crippen molar-refractivity contribution in [1.29, 1.82) is 0 Å². The summed E-state index contributed by atoms with van der Waals surface area (Å²) < 4.78 is 7.98. The maximum atomic E-state index is 6.12. The van der Waals surface area contributed by atoms with Gasteiger partial charge in [-0.15, -0.1) is 11.6 Å². The van der Waals surface area contributed by atoms with E-state index in [0.717, 1.165) is 26.7 Å². The van der Waals surface area contributed by atoms with Gasteiger partial charge in [-0.3, -0.25) is 0 Å². The van der Waals surface area contributed by atoms with E-state index in [2.05, 4.69) is 44.0 Å². The summed E-state index contributed by atoms with van der Waals surface area (Å²) in [5.74, 6) is 1.36. The molecule has 0 radical (unpaired) electrons. The first-order valence-corrected chi connectivity index (χ1v) is 8.06. The van der Waals surface area contributed by atoms with Crippen LogP contribution in [0.15, 0.2) is 57.5 Å². The third-order valence-corrected chi connectivity index (χ3v) is 4.19. The number of hydrogen-bond donors (Lipinski definition) is 0. The van der Waals surface area contributed by atoms with E-state index in [1.807, 2.05) is 36.4 Å². The topological polar surface area (TPSA) is 9.23 Å². The van der Waals surface area contributed by atoms with Gasteiger partial charge in [0.15, 0.2) is 0 Å². The summed E-state index contributed by atoms with van der Waals surface area (Å²) in [6.07, 6.45) is 0.716. The lowest BCUT2D eigenvalue weighted by atomic mass is 10.1. The molecule has 1 nitrogen and oxygen atoms in total. The minimum atomic E-state index is -0.0475. The molecule has 0 unspecified atom stereocenters. The number of halogens is 3. The third kappa shape index (κ3) is 3.98. The first-order chi connectivity index (χ1) is 9.22. The number of alkyl halides is 1. The molecular weight excluding hydrogens is 391 g/mol. The van der Waals surface area contributed by atoms with Crippen molar-refractivity contribution >= 4 is 43.5 Å². The fourth-order valence-electron chi connectivity index (χ4n) is 1.80. The Morgan fingerprint density at radius 3 is 2.16 bits per heavy atom. The fourth-order valence-corrected chi connectivity index (χ4v) is 3.18. The van der Waals surface area contributed by atoms with Crippen molar-refractivity contribution in [2.75, 3.05) is 5.88 Å². The molecule has 0 bridgehead atoms. The molecule has 0 amide bonds. The Labute approximate surface area is 135 Å². The fraction of sp³-hybridized carbons (Fsp3) is 0.200. The summed E-state index contributed by atoms with van der Waals surface area (Å²) in [7, 11) is 0. The molecule has 0 saturated carbocycles. The zero-order valence-corrected chi connectivity index (χ0v) is 14.1. The van der Waals surface area contributed by atoms with Crippen molar-refractivity contribution in [2.24, 2.45) is 0 Å². The molecule has 1 atom stereocenters. The summed E-state index contributed by atoms with van der Waals surface area (Å²) >= 11 is 12.9. The number of rotatable bonds is 5. The van der Waals surface area contributed by atoms with Crippen molar-refractivity contribution in [3.8, 4) is 5.75 Å². The number of ether oxygens (including phenoxy) is 1. The zero-order valence-electron chi connectivity index (χ0n) is 10.2. The standard InChI is InChI=1S/C15H13Br2ClO/c16-12-7-4-8-13(17)15(12)19-14(9-10-18)11-5-2-1-3-6-11/h1-8,14H,9-10H2/t14-/m0/s1. The van der Waals surface area contributed by atoms with E-state index in [1.165, 1.54) is 0 Å². The predicted molar refractivity (Wildman–Crippen MR) is 87.0 cm³/mol. The summed E-state index contributed by atoms with van der Waals surface area (Å²) in [5.41, 5.74) is 1.13. The molecule has 2 rings (SSSR count). The Morgan fingerprint density at radius 2 is 1.58 bits per heavy atom. The Kier molecular flexibility index (Phi) is 5.74. The third-order valence-electron chi connectivity index (χ3n) is 2.72. The lowest BCUT2D eigenvalue weighted by molar-refractivity contribution is 0.199. The summed E-state index contributed by atoms with van der Waals surface area (Å²) in [5, 5.41) is 0. The van der Waals surface area contributed by atoms with Gasteiger partial charge in [-0.25, -0.2) is 0 Å². The first-order valence-electron chi connectivity index (χ1n) is 5.94. The van der Waals surface area contributed by atoms with E-state index in [-0.39, 0.29) is 6.10 Å².